The van der Waals surface area contributed by atoms with E-state index in [4.69, 9.17) is 4.74 Å². The highest BCUT2D eigenvalue weighted by Crippen LogP contribution is 2.21. The van der Waals surface area contributed by atoms with Crippen LogP contribution in [0.15, 0.2) is 64.0 Å². The number of para-hydroxylation sites is 1. The Labute approximate surface area is 127 Å². The van der Waals surface area contributed by atoms with Gasteiger partial charge in [-0.3, -0.25) is 0 Å². The standard InChI is InChI=1S/C16H17BrOS/c17-14-8-10-16(11-9-14)19-13-5-4-12-18-15-6-2-1-3-7-15/h1-3,6-11H,4-5,12-13H2. The Bertz CT molecular complexity index is 470. The molecule has 2 aromatic rings. The first kappa shape index (κ1) is 14.5. The zero-order valence-corrected chi connectivity index (χ0v) is 13.1. The highest BCUT2D eigenvalue weighted by atomic mass is 79.9. The Kier molecular flexibility index (Phi) is 6.31. The predicted molar refractivity (Wildman–Crippen MR) is 86.0 cm³/mol. The third kappa shape index (κ3) is 5.70. The largest absolute Gasteiger partial charge is 0.494 e. The fourth-order valence-electron chi connectivity index (χ4n) is 1.63. The van der Waals surface area contributed by atoms with Gasteiger partial charge in [0.25, 0.3) is 0 Å². The molecule has 0 heterocycles. The van der Waals surface area contributed by atoms with Crippen molar-refractivity contribution in [2.75, 3.05) is 12.4 Å². The van der Waals surface area contributed by atoms with Gasteiger partial charge in [-0.2, -0.15) is 0 Å². The molecule has 0 saturated carbocycles. The number of ether oxygens (including phenoxy) is 1. The maximum Gasteiger partial charge on any atom is 0.119 e. The quantitative estimate of drug-likeness (QED) is 0.494. The monoisotopic (exact) mass is 336 g/mol. The Morgan fingerprint density at radius 2 is 1.63 bits per heavy atom. The molecular formula is C16H17BrOS. The van der Waals surface area contributed by atoms with E-state index in [0.717, 1.165) is 29.0 Å². The first-order valence-electron chi connectivity index (χ1n) is 6.41. The summed E-state index contributed by atoms with van der Waals surface area (Å²) < 4.78 is 6.79. The van der Waals surface area contributed by atoms with Crippen LogP contribution in [0, 0.1) is 0 Å². The predicted octanol–water partition coefficient (Wildman–Crippen LogP) is 5.40. The molecule has 3 heteroatoms. The van der Waals surface area contributed by atoms with Gasteiger partial charge in [-0.05, 0) is 55.0 Å². The Hall–Kier alpha value is -0.930. The Balaban J connectivity index is 1.56. The normalized spacial score (nSPS) is 10.4. The van der Waals surface area contributed by atoms with Crippen molar-refractivity contribution in [2.24, 2.45) is 0 Å². The van der Waals surface area contributed by atoms with Crippen LogP contribution in [0.1, 0.15) is 12.8 Å². The molecule has 0 amide bonds. The van der Waals surface area contributed by atoms with E-state index in [1.807, 2.05) is 42.1 Å². The topological polar surface area (TPSA) is 9.23 Å². The van der Waals surface area contributed by atoms with Crippen molar-refractivity contribution in [2.45, 2.75) is 17.7 Å². The van der Waals surface area contributed by atoms with Gasteiger partial charge < -0.3 is 4.74 Å². The van der Waals surface area contributed by atoms with Crippen LogP contribution in [-0.4, -0.2) is 12.4 Å². The minimum atomic E-state index is 0.797. The molecular weight excluding hydrogens is 320 g/mol. The molecule has 0 unspecified atom stereocenters. The lowest BCUT2D eigenvalue weighted by Gasteiger charge is -2.05. The van der Waals surface area contributed by atoms with Crippen molar-refractivity contribution in [1.29, 1.82) is 0 Å². The number of hydrogen-bond acceptors (Lipinski definition) is 2. The molecule has 0 atom stereocenters. The van der Waals surface area contributed by atoms with E-state index in [0.29, 0.717) is 0 Å². The maximum atomic E-state index is 5.66. The molecule has 0 radical (unpaired) electrons. The number of hydrogen-bond donors (Lipinski definition) is 0. The molecule has 0 aliphatic rings. The van der Waals surface area contributed by atoms with E-state index in [-0.39, 0.29) is 0 Å². The van der Waals surface area contributed by atoms with Crippen molar-refractivity contribution in [1.82, 2.24) is 0 Å². The average molecular weight is 337 g/mol. The number of thioether (sulfide) groups is 1. The Morgan fingerprint density at radius 3 is 2.37 bits per heavy atom. The molecule has 1 nitrogen and oxygen atoms in total. The van der Waals surface area contributed by atoms with Crippen LogP contribution < -0.4 is 4.74 Å². The SMILES string of the molecule is Brc1ccc(SCCCCOc2ccccc2)cc1. The van der Waals surface area contributed by atoms with Gasteiger partial charge in [0, 0.05) is 9.37 Å². The third-order valence-corrected chi connectivity index (χ3v) is 4.26. The maximum absolute atomic E-state index is 5.66. The molecule has 19 heavy (non-hydrogen) atoms. The van der Waals surface area contributed by atoms with Gasteiger partial charge >= 0.3 is 0 Å². The van der Waals surface area contributed by atoms with Crippen molar-refractivity contribution in [3.8, 4) is 5.75 Å². The average Bonchev–Trinajstić information content (AvgIpc) is 2.46. The summed E-state index contributed by atoms with van der Waals surface area (Å²) in [6.07, 6.45) is 2.27. The van der Waals surface area contributed by atoms with Gasteiger partial charge in [0.2, 0.25) is 0 Å². The lowest BCUT2D eigenvalue weighted by atomic mass is 10.3. The number of rotatable bonds is 7. The fraction of sp³-hybridized carbons (Fsp3) is 0.250. The summed E-state index contributed by atoms with van der Waals surface area (Å²) in [5.41, 5.74) is 0. The molecule has 0 N–H and O–H groups in total. The van der Waals surface area contributed by atoms with E-state index in [2.05, 4.69) is 40.2 Å². The van der Waals surface area contributed by atoms with Crippen molar-refractivity contribution >= 4 is 27.7 Å². The molecule has 0 bridgehead atoms. The zero-order valence-electron chi connectivity index (χ0n) is 10.7. The van der Waals surface area contributed by atoms with E-state index in [1.54, 1.807) is 0 Å². The minimum Gasteiger partial charge on any atom is -0.494 e. The van der Waals surface area contributed by atoms with Crippen molar-refractivity contribution in [3.63, 3.8) is 0 Å². The summed E-state index contributed by atoms with van der Waals surface area (Å²) in [4.78, 5) is 1.33. The third-order valence-electron chi connectivity index (χ3n) is 2.63. The molecule has 0 aliphatic carbocycles. The first-order valence-corrected chi connectivity index (χ1v) is 8.19. The van der Waals surface area contributed by atoms with Gasteiger partial charge in [0.05, 0.1) is 6.61 Å². The lowest BCUT2D eigenvalue weighted by molar-refractivity contribution is 0.310. The molecule has 100 valence electrons. The molecule has 0 fully saturated rings. The van der Waals surface area contributed by atoms with Crippen LogP contribution in [0.5, 0.6) is 5.75 Å². The van der Waals surface area contributed by atoms with Crippen LogP contribution in [0.3, 0.4) is 0 Å². The van der Waals surface area contributed by atoms with Crippen LogP contribution in [0.4, 0.5) is 0 Å². The van der Waals surface area contributed by atoms with Crippen molar-refractivity contribution < 1.29 is 4.74 Å². The number of halogens is 1. The van der Waals surface area contributed by atoms with Crippen LogP contribution in [-0.2, 0) is 0 Å². The molecule has 0 aromatic heterocycles. The number of benzene rings is 2. The summed E-state index contributed by atoms with van der Waals surface area (Å²) in [6.45, 7) is 0.797. The molecule has 2 aromatic carbocycles. The molecule has 0 aliphatic heterocycles. The molecule has 2 rings (SSSR count). The van der Waals surface area contributed by atoms with Crippen LogP contribution >= 0.6 is 27.7 Å². The van der Waals surface area contributed by atoms with E-state index in [9.17, 15) is 0 Å². The molecule has 0 saturated heterocycles. The summed E-state index contributed by atoms with van der Waals surface area (Å²) in [5, 5.41) is 0. The summed E-state index contributed by atoms with van der Waals surface area (Å²) in [5.74, 6) is 2.10. The Morgan fingerprint density at radius 1 is 0.895 bits per heavy atom. The minimum absolute atomic E-state index is 0.797. The van der Waals surface area contributed by atoms with E-state index >= 15 is 0 Å². The first-order chi connectivity index (χ1) is 9.34. The highest BCUT2D eigenvalue weighted by Gasteiger charge is 1.96. The van der Waals surface area contributed by atoms with Gasteiger partial charge in [0.15, 0.2) is 0 Å². The van der Waals surface area contributed by atoms with E-state index < -0.39 is 0 Å². The second-order valence-electron chi connectivity index (χ2n) is 4.17. The highest BCUT2D eigenvalue weighted by molar-refractivity contribution is 9.10. The number of unbranched alkanes of at least 4 members (excludes halogenated alkanes) is 1. The summed E-state index contributed by atoms with van der Waals surface area (Å²) >= 11 is 5.34. The van der Waals surface area contributed by atoms with Crippen molar-refractivity contribution in [3.05, 3.63) is 59.1 Å². The molecule has 0 spiro atoms. The second kappa shape index (κ2) is 8.28. The van der Waals surface area contributed by atoms with Gasteiger partial charge in [0.1, 0.15) is 5.75 Å². The summed E-state index contributed by atoms with van der Waals surface area (Å²) in [7, 11) is 0. The van der Waals surface area contributed by atoms with Crippen LogP contribution in [0.25, 0.3) is 0 Å². The van der Waals surface area contributed by atoms with Gasteiger partial charge in [-0.15, -0.1) is 11.8 Å². The lowest BCUT2D eigenvalue weighted by Crippen LogP contribution is -1.97. The fourth-order valence-corrected chi connectivity index (χ4v) is 2.81. The van der Waals surface area contributed by atoms with Crippen LogP contribution in [0.2, 0.25) is 0 Å². The summed E-state index contributed by atoms with van der Waals surface area (Å²) in [6, 6.07) is 18.5. The second-order valence-corrected chi connectivity index (χ2v) is 6.26. The zero-order chi connectivity index (χ0) is 13.3. The smallest absolute Gasteiger partial charge is 0.119 e. The van der Waals surface area contributed by atoms with E-state index in [1.165, 1.54) is 11.3 Å². The van der Waals surface area contributed by atoms with Gasteiger partial charge in [-0.25, -0.2) is 0 Å². The van der Waals surface area contributed by atoms with Gasteiger partial charge in [-0.1, -0.05) is 34.1 Å².